The Labute approximate surface area is 94.3 Å². The van der Waals surface area contributed by atoms with Gasteiger partial charge in [-0.25, -0.2) is 4.79 Å². The van der Waals surface area contributed by atoms with Crippen LogP contribution in [0.2, 0.25) is 0 Å². The second kappa shape index (κ2) is 6.81. The summed E-state index contributed by atoms with van der Waals surface area (Å²) in [5, 5.41) is 2.40. The lowest BCUT2D eigenvalue weighted by molar-refractivity contribution is -0.145. The number of rotatable bonds is 5. The van der Waals surface area contributed by atoms with E-state index >= 15 is 0 Å². The summed E-state index contributed by atoms with van der Waals surface area (Å²) < 4.78 is 9.42. The van der Waals surface area contributed by atoms with Crippen LogP contribution in [0.25, 0.3) is 0 Å². The fourth-order valence-electron chi connectivity index (χ4n) is 0.780. The minimum Gasteiger partial charge on any atom is -0.458 e. The average molecular weight is 231 g/mol. The Morgan fingerprint density at radius 2 is 1.94 bits per heavy atom. The van der Waals surface area contributed by atoms with Crippen LogP contribution in [-0.4, -0.2) is 37.1 Å². The maximum Gasteiger partial charge on any atom is 0.407 e. The Bertz CT molecular complexity index is 256. The van der Waals surface area contributed by atoms with Crippen LogP contribution in [0.4, 0.5) is 4.79 Å². The normalized spacial score (nSPS) is 10.4. The van der Waals surface area contributed by atoms with Crippen molar-refractivity contribution in [3.63, 3.8) is 0 Å². The molecule has 0 saturated heterocycles. The first kappa shape index (κ1) is 14.4. The standard InChI is InChI=1S/C10H17NO5/c1-10(2,3)16-9(14)11-5-4-8(13)15-7-6-12/h6H,4-5,7H2,1-3H3,(H,11,14). The van der Waals surface area contributed by atoms with E-state index in [0.29, 0.717) is 6.29 Å². The van der Waals surface area contributed by atoms with Gasteiger partial charge in [0, 0.05) is 6.54 Å². The van der Waals surface area contributed by atoms with Crippen molar-refractivity contribution in [1.82, 2.24) is 5.32 Å². The van der Waals surface area contributed by atoms with Crippen LogP contribution in [0, 0.1) is 0 Å². The smallest absolute Gasteiger partial charge is 0.407 e. The number of alkyl carbamates (subject to hydrolysis) is 1. The molecule has 0 atom stereocenters. The highest BCUT2D eigenvalue weighted by Crippen LogP contribution is 2.06. The second-order valence-electron chi connectivity index (χ2n) is 4.03. The van der Waals surface area contributed by atoms with Crippen LogP contribution in [0.3, 0.4) is 0 Å². The lowest BCUT2D eigenvalue weighted by atomic mass is 10.2. The quantitative estimate of drug-likeness (QED) is 0.554. The fourth-order valence-corrected chi connectivity index (χ4v) is 0.780. The van der Waals surface area contributed by atoms with Gasteiger partial charge in [0.2, 0.25) is 0 Å². The topological polar surface area (TPSA) is 81.7 Å². The molecular weight excluding hydrogens is 214 g/mol. The monoisotopic (exact) mass is 231 g/mol. The molecule has 92 valence electrons. The second-order valence-corrected chi connectivity index (χ2v) is 4.03. The van der Waals surface area contributed by atoms with Crippen molar-refractivity contribution in [3.05, 3.63) is 0 Å². The van der Waals surface area contributed by atoms with E-state index in [4.69, 9.17) is 4.74 Å². The molecule has 1 N–H and O–H groups in total. The fraction of sp³-hybridized carbons (Fsp3) is 0.700. The first-order valence-corrected chi connectivity index (χ1v) is 4.91. The first-order chi connectivity index (χ1) is 7.35. The predicted octanol–water partition coefficient (Wildman–Crippen LogP) is 0.643. The SMILES string of the molecule is CC(C)(C)OC(=O)NCCC(=O)OCC=O. The molecular formula is C10H17NO5. The molecule has 0 fully saturated rings. The van der Waals surface area contributed by atoms with E-state index in [9.17, 15) is 14.4 Å². The van der Waals surface area contributed by atoms with Gasteiger partial charge in [-0.05, 0) is 20.8 Å². The van der Waals surface area contributed by atoms with Gasteiger partial charge in [-0.2, -0.15) is 0 Å². The summed E-state index contributed by atoms with van der Waals surface area (Å²) >= 11 is 0. The number of aldehydes is 1. The molecule has 6 nitrogen and oxygen atoms in total. The highest BCUT2D eigenvalue weighted by Gasteiger charge is 2.15. The number of hydrogen-bond acceptors (Lipinski definition) is 5. The predicted molar refractivity (Wildman–Crippen MR) is 55.9 cm³/mol. The molecule has 0 aliphatic heterocycles. The van der Waals surface area contributed by atoms with Gasteiger partial charge in [-0.3, -0.25) is 9.59 Å². The number of carbonyl (C=O) groups is 3. The van der Waals surface area contributed by atoms with Gasteiger partial charge >= 0.3 is 12.1 Å². The molecule has 1 amide bonds. The van der Waals surface area contributed by atoms with E-state index in [0.717, 1.165) is 0 Å². The summed E-state index contributed by atoms with van der Waals surface area (Å²) in [5.74, 6) is -0.539. The lowest BCUT2D eigenvalue weighted by Gasteiger charge is -2.19. The molecule has 0 aromatic rings. The number of nitrogens with one attached hydrogen (secondary N) is 1. The zero-order chi connectivity index (χ0) is 12.6. The Morgan fingerprint density at radius 3 is 2.44 bits per heavy atom. The summed E-state index contributed by atoms with van der Waals surface area (Å²) in [4.78, 5) is 31.9. The number of ether oxygens (including phenoxy) is 2. The number of hydrogen-bond donors (Lipinski definition) is 1. The largest absolute Gasteiger partial charge is 0.458 e. The number of amides is 1. The summed E-state index contributed by atoms with van der Waals surface area (Å²) in [6.07, 6.45) is -0.0950. The van der Waals surface area contributed by atoms with E-state index in [1.165, 1.54) is 0 Å². The molecule has 0 aliphatic rings. The summed E-state index contributed by atoms with van der Waals surface area (Å²) in [7, 11) is 0. The Balaban J connectivity index is 3.62. The zero-order valence-electron chi connectivity index (χ0n) is 9.74. The molecule has 0 rings (SSSR count). The van der Waals surface area contributed by atoms with E-state index < -0.39 is 17.7 Å². The van der Waals surface area contributed by atoms with Crippen molar-refractivity contribution in [3.8, 4) is 0 Å². The molecule has 16 heavy (non-hydrogen) atoms. The molecule has 0 spiro atoms. The molecule has 0 heterocycles. The molecule has 6 heteroatoms. The van der Waals surface area contributed by atoms with E-state index in [2.05, 4.69) is 10.1 Å². The van der Waals surface area contributed by atoms with Crippen molar-refractivity contribution in [1.29, 1.82) is 0 Å². The van der Waals surface area contributed by atoms with Crippen LogP contribution in [0.15, 0.2) is 0 Å². The van der Waals surface area contributed by atoms with Crippen molar-refractivity contribution >= 4 is 18.3 Å². The van der Waals surface area contributed by atoms with Gasteiger partial charge in [-0.1, -0.05) is 0 Å². The van der Waals surface area contributed by atoms with Crippen LogP contribution in [-0.2, 0) is 19.1 Å². The summed E-state index contributed by atoms with van der Waals surface area (Å²) in [6.45, 7) is 5.08. The van der Waals surface area contributed by atoms with Gasteiger partial charge in [0.15, 0.2) is 6.29 Å². The van der Waals surface area contributed by atoms with Gasteiger partial charge in [0.25, 0.3) is 0 Å². The van der Waals surface area contributed by atoms with Crippen molar-refractivity contribution < 1.29 is 23.9 Å². The minimum absolute atomic E-state index is 0.00703. The highest BCUT2D eigenvalue weighted by atomic mass is 16.6. The highest BCUT2D eigenvalue weighted by molar-refractivity contribution is 5.73. The Morgan fingerprint density at radius 1 is 1.31 bits per heavy atom. The number of esters is 1. The van der Waals surface area contributed by atoms with Crippen LogP contribution >= 0.6 is 0 Å². The van der Waals surface area contributed by atoms with Gasteiger partial charge < -0.3 is 14.8 Å². The lowest BCUT2D eigenvalue weighted by Crippen LogP contribution is -2.33. The summed E-state index contributed by atoms with van der Waals surface area (Å²) in [6, 6.07) is 0. The molecule has 0 unspecified atom stereocenters. The zero-order valence-corrected chi connectivity index (χ0v) is 9.74. The van der Waals surface area contributed by atoms with E-state index in [-0.39, 0.29) is 19.6 Å². The molecule has 0 aromatic carbocycles. The molecule has 0 aliphatic carbocycles. The first-order valence-electron chi connectivity index (χ1n) is 4.91. The number of carbonyl (C=O) groups excluding carboxylic acids is 3. The molecule has 0 saturated carbocycles. The Hall–Kier alpha value is -1.59. The average Bonchev–Trinajstić information content (AvgIpc) is 2.11. The van der Waals surface area contributed by atoms with Gasteiger partial charge in [0.05, 0.1) is 6.42 Å². The van der Waals surface area contributed by atoms with Gasteiger partial charge in [-0.15, -0.1) is 0 Å². The van der Waals surface area contributed by atoms with Crippen LogP contribution in [0.1, 0.15) is 27.2 Å². The maximum absolute atomic E-state index is 11.1. The van der Waals surface area contributed by atoms with Gasteiger partial charge in [0.1, 0.15) is 12.2 Å². The maximum atomic E-state index is 11.1. The van der Waals surface area contributed by atoms with E-state index in [1.54, 1.807) is 20.8 Å². The summed E-state index contributed by atoms with van der Waals surface area (Å²) in [5.41, 5.74) is -0.567. The van der Waals surface area contributed by atoms with E-state index in [1.807, 2.05) is 0 Å². The van der Waals surface area contributed by atoms with Crippen LogP contribution in [0.5, 0.6) is 0 Å². The molecule has 0 bridgehead atoms. The van der Waals surface area contributed by atoms with Crippen LogP contribution < -0.4 is 5.32 Å². The Kier molecular flexibility index (Phi) is 6.14. The molecule has 0 radical (unpaired) electrons. The third kappa shape index (κ3) is 8.98. The van der Waals surface area contributed by atoms with Crippen molar-refractivity contribution in [2.75, 3.05) is 13.2 Å². The minimum atomic E-state index is -0.587. The molecule has 0 aromatic heterocycles. The van der Waals surface area contributed by atoms with Crippen molar-refractivity contribution in [2.24, 2.45) is 0 Å². The third-order valence-corrected chi connectivity index (χ3v) is 1.31. The third-order valence-electron chi connectivity index (χ3n) is 1.31. The van der Waals surface area contributed by atoms with Crippen molar-refractivity contribution in [2.45, 2.75) is 32.8 Å².